The van der Waals surface area contributed by atoms with E-state index in [0.29, 0.717) is 19.0 Å². The Morgan fingerprint density at radius 3 is 2.75 bits per heavy atom. The molecule has 5 rings (SSSR count). The zero-order valence-electron chi connectivity index (χ0n) is 18.2. The van der Waals surface area contributed by atoms with Crippen molar-refractivity contribution in [3.8, 4) is 0 Å². The fourth-order valence-electron chi connectivity index (χ4n) is 6.46. The second kappa shape index (κ2) is 8.82. The van der Waals surface area contributed by atoms with Crippen LogP contribution in [0.4, 0.5) is 19.0 Å². The van der Waals surface area contributed by atoms with Crippen LogP contribution in [0.2, 0.25) is 0 Å². The second-order valence-corrected chi connectivity index (χ2v) is 9.90. The molecule has 2 aliphatic carbocycles. The van der Waals surface area contributed by atoms with Crippen molar-refractivity contribution in [3.05, 3.63) is 23.9 Å². The highest BCUT2D eigenvalue weighted by molar-refractivity contribution is 5.82. The summed E-state index contributed by atoms with van der Waals surface area (Å²) in [5.74, 6) is 0.185. The zero-order valence-corrected chi connectivity index (χ0v) is 18.2. The molecule has 0 spiro atoms. The van der Waals surface area contributed by atoms with Crippen molar-refractivity contribution in [2.45, 2.75) is 81.6 Å². The van der Waals surface area contributed by atoms with E-state index in [4.69, 9.17) is 0 Å². The molecule has 4 aliphatic rings. The number of anilines is 1. The lowest BCUT2D eigenvalue weighted by molar-refractivity contribution is -0.178. The Bertz CT molecular complexity index is 828. The van der Waals surface area contributed by atoms with Gasteiger partial charge in [-0.05, 0) is 55.6 Å². The summed E-state index contributed by atoms with van der Waals surface area (Å²) in [6.45, 7) is -0.772. The van der Waals surface area contributed by atoms with Gasteiger partial charge in [0, 0.05) is 30.9 Å². The number of carbonyl (C=O) groups is 1. The molecule has 2 saturated carbocycles. The standard InChI is InChI=1S/C23H32F3N5O/c24-23(25,26)13-31-19-11-14(8-9-17(19)20-18(22(31)32)12-28-30-20)16-7-4-10-27-21(16)29-15-5-2-1-3-6-15/h4,7,10,14-15,17-20,28,30H,1-3,5-6,8-9,11-13H2,(H,27,29). The first-order chi connectivity index (χ1) is 15.4. The molecule has 5 atom stereocenters. The number of nitrogens with one attached hydrogen (secondary N) is 3. The maximum Gasteiger partial charge on any atom is 0.406 e. The molecule has 1 amide bonds. The van der Waals surface area contributed by atoms with Crippen LogP contribution in [0.15, 0.2) is 18.3 Å². The highest BCUT2D eigenvalue weighted by atomic mass is 19.4. The molecular weight excluding hydrogens is 419 g/mol. The van der Waals surface area contributed by atoms with Crippen LogP contribution < -0.4 is 16.2 Å². The van der Waals surface area contributed by atoms with E-state index in [9.17, 15) is 18.0 Å². The highest BCUT2D eigenvalue weighted by Gasteiger charge is 2.54. The van der Waals surface area contributed by atoms with E-state index < -0.39 is 24.7 Å². The molecule has 32 heavy (non-hydrogen) atoms. The van der Waals surface area contributed by atoms with Crippen molar-refractivity contribution in [1.29, 1.82) is 0 Å². The lowest BCUT2D eigenvalue weighted by atomic mass is 9.67. The number of piperidine rings is 1. The molecule has 6 nitrogen and oxygen atoms in total. The number of hydrogen-bond acceptors (Lipinski definition) is 5. The van der Waals surface area contributed by atoms with Crippen LogP contribution in [0.5, 0.6) is 0 Å². The van der Waals surface area contributed by atoms with Crippen LogP contribution in [0.25, 0.3) is 0 Å². The normalized spacial score (nSPS) is 33.7. The molecule has 2 aliphatic heterocycles. The summed E-state index contributed by atoms with van der Waals surface area (Å²) in [4.78, 5) is 18.8. The third-order valence-electron chi connectivity index (χ3n) is 7.93. The van der Waals surface area contributed by atoms with E-state index in [1.807, 2.05) is 6.07 Å². The largest absolute Gasteiger partial charge is 0.406 e. The SMILES string of the molecule is O=C1C2CNNC2C2CCC(c3cccnc3NC3CCCCC3)CC2N1CC(F)(F)F. The lowest BCUT2D eigenvalue weighted by Gasteiger charge is -2.50. The fourth-order valence-corrected chi connectivity index (χ4v) is 6.46. The third-order valence-corrected chi connectivity index (χ3v) is 7.93. The first-order valence-electron chi connectivity index (χ1n) is 12.0. The maximum absolute atomic E-state index is 13.4. The van der Waals surface area contributed by atoms with Crippen LogP contribution in [0.3, 0.4) is 0 Å². The molecule has 1 aromatic heterocycles. The predicted molar refractivity (Wildman–Crippen MR) is 115 cm³/mol. The van der Waals surface area contributed by atoms with Gasteiger partial charge in [-0.1, -0.05) is 25.3 Å². The molecule has 3 N–H and O–H groups in total. The van der Waals surface area contributed by atoms with Gasteiger partial charge in [0.2, 0.25) is 5.91 Å². The quantitative estimate of drug-likeness (QED) is 0.653. The van der Waals surface area contributed by atoms with Crippen molar-refractivity contribution in [3.63, 3.8) is 0 Å². The molecule has 0 aromatic carbocycles. The summed E-state index contributed by atoms with van der Waals surface area (Å²) < 4.78 is 40.2. The first-order valence-corrected chi connectivity index (χ1v) is 12.0. The molecule has 0 radical (unpaired) electrons. The molecule has 2 saturated heterocycles. The van der Waals surface area contributed by atoms with Crippen LogP contribution in [0.1, 0.15) is 62.8 Å². The van der Waals surface area contributed by atoms with Crippen molar-refractivity contribution in [2.75, 3.05) is 18.4 Å². The minimum absolute atomic E-state index is 0.0257. The Kier molecular flexibility index (Phi) is 6.05. The van der Waals surface area contributed by atoms with E-state index in [0.717, 1.165) is 42.0 Å². The monoisotopic (exact) mass is 451 g/mol. The molecule has 1 aromatic rings. The number of rotatable bonds is 4. The summed E-state index contributed by atoms with van der Waals surface area (Å²) in [5.41, 5.74) is 7.28. The van der Waals surface area contributed by atoms with E-state index in [1.54, 1.807) is 6.20 Å². The van der Waals surface area contributed by atoms with Gasteiger partial charge in [0.05, 0.1) is 5.92 Å². The van der Waals surface area contributed by atoms with Gasteiger partial charge in [-0.3, -0.25) is 15.6 Å². The van der Waals surface area contributed by atoms with Crippen molar-refractivity contribution in [2.24, 2.45) is 11.8 Å². The predicted octanol–water partition coefficient (Wildman–Crippen LogP) is 3.58. The van der Waals surface area contributed by atoms with Crippen molar-refractivity contribution in [1.82, 2.24) is 20.7 Å². The molecule has 0 bridgehead atoms. The Morgan fingerprint density at radius 1 is 1.16 bits per heavy atom. The van der Waals surface area contributed by atoms with Crippen LogP contribution in [-0.4, -0.2) is 53.2 Å². The van der Waals surface area contributed by atoms with Gasteiger partial charge in [0.25, 0.3) is 0 Å². The average molecular weight is 452 g/mol. The van der Waals surface area contributed by atoms with Gasteiger partial charge in [0.1, 0.15) is 12.4 Å². The zero-order chi connectivity index (χ0) is 22.3. The number of likely N-dealkylation sites (tertiary alicyclic amines) is 1. The topological polar surface area (TPSA) is 69.3 Å². The molecule has 4 fully saturated rings. The van der Waals surface area contributed by atoms with Crippen molar-refractivity contribution < 1.29 is 18.0 Å². The van der Waals surface area contributed by atoms with Gasteiger partial charge in [-0.25, -0.2) is 4.98 Å². The number of carbonyl (C=O) groups excluding carboxylic acids is 1. The lowest BCUT2D eigenvalue weighted by Crippen LogP contribution is -2.63. The van der Waals surface area contributed by atoms with E-state index in [2.05, 4.69) is 27.2 Å². The fraction of sp³-hybridized carbons (Fsp3) is 0.739. The summed E-state index contributed by atoms with van der Waals surface area (Å²) >= 11 is 0. The number of halogens is 3. The van der Waals surface area contributed by atoms with Crippen LogP contribution >= 0.6 is 0 Å². The number of amides is 1. The average Bonchev–Trinajstić information content (AvgIpc) is 3.27. The smallest absolute Gasteiger partial charge is 0.367 e. The first kappa shape index (κ1) is 21.9. The summed E-state index contributed by atoms with van der Waals surface area (Å²) in [6.07, 6.45) is 5.56. The Balaban J connectivity index is 1.39. The van der Waals surface area contributed by atoms with Gasteiger partial charge in [0.15, 0.2) is 0 Å². The number of nitrogens with zero attached hydrogens (tertiary/aromatic N) is 2. The molecule has 176 valence electrons. The number of pyridine rings is 1. The number of hydrogen-bond donors (Lipinski definition) is 3. The number of alkyl halides is 3. The van der Waals surface area contributed by atoms with Crippen LogP contribution in [0, 0.1) is 11.8 Å². The molecule has 5 unspecified atom stereocenters. The Labute approximate surface area is 186 Å². The number of fused-ring (bicyclic) bond motifs is 3. The minimum Gasteiger partial charge on any atom is -0.367 e. The molecule has 3 heterocycles. The van der Waals surface area contributed by atoms with E-state index >= 15 is 0 Å². The molecule has 9 heteroatoms. The van der Waals surface area contributed by atoms with E-state index in [-0.39, 0.29) is 23.8 Å². The Hall–Kier alpha value is -1.87. The highest BCUT2D eigenvalue weighted by Crippen LogP contribution is 2.46. The van der Waals surface area contributed by atoms with Crippen LogP contribution in [-0.2, 0) is 4.79 Å². The third kappa shape index (κ3) is 4.33. The summed E-state index contributed by atoms with van der Waals surface area (Å²) in [5, 5.41) is 3.62. The summed E-state index contributed by atoms with van der Waals surface area (Å²) in [6, 6.07) is 3.86. The number of aromatic nitrogens is 1. The van der Waals surface area contributed by atoms with Gasteiger partial charge in [-0.2, -0.15) is 13.2 Å². The van der Waals surface area contributed by atoms with Gasteiger partial charge < -0.3 is 10.2 Å². The maximum atomic E-state index is 13.4. The Morgan fingerprint density at radius 2 is 1.97 bits per heavy atom. The molecular formula is C23H32F3N5O. The van der Waals surface area contributed by atoms with Gasteiger partial charge >= 0.3 is 6.18 Å². The minimum atomic E-state index is -4.40. The summed E-state index contributed by atoms with van der Waals surface area (Å²) in [7, 11) is 0. The second-order valence-electron chi connectivity index (χ2n) is 9.90. The number of hydrazine groups is 1. The van der Waals surface area contributed by atoms with E-state index in [1.165, 1.54) is 19.3 Å². The van der Waals surface area contributed by atoms with Gasteiger partial charge in [-0.15, -0.1) is 0 Å². The van der Waals surface area contributed by atoms with Crippen molar-refractivity contribution >= 4 is 11.7 Å².